The van der Waals surface area contributed by atoms with Gasteiger partial charge in [0.1, 0.15) is 5.82 Å². The van der Waals surface area contributed by atoms with E-state index < -0.39 is 0 Å². The van der Waals surface area contributed by atoms with Crippen LogP contribution >= 0.6 is 0 Å². The van der Waals surface area contributed by atoms with Gasteiger partial charge in [-0.2, -0.15) is 0 Å². The summed E-state index contributed by atoms with van der Waals surface area (Å²) in [6, 6.07) is 1.63. The fraction of sp³-hybridized carbons (Fsp3) is 0.250. The molecule has 2 rings (SSSR count). The van der Waals surface area contributed by atoms with Crippen molar-refractivity contribution in [3.8, 4) is 0 Å². The molecule has 0 bridgehead atoms. The molecular weight excluding hydrogens is 230 g/mol. The van der Waals surface area contributed by atoms with Crippen LogP contribution in [0.25, 0.3) is 0 Å². The van der Waals surface area contributed by atoms with Gasteiger partial charge in [-0.15, -0.1) is 0 Å². The minimum atomic E-state index is -0.168. The Hall–Kier alpha value is -2.37. The number of nitrogens with zero attached hydrogens (tertiary/aromatic N) is 2. The predicted molar refractivity (Wildman–Crippen MR) is 68.0 cm³/mol. The van der Waals surface area contributed by atoms with Gasteiger partial charge in [-0.3, -0.25) is 9.78 Å². The van der Waals surface area contributed by atoms with E-state index in [1.54, 1.807) is 25.4 Å². The van der Waals surface area contributed by atoms with E-state index in [0.717, 1.165) is 5.82 Å². The van der Waals surface area contributed by atoms with E-state index in [0.29, 0.717) is 29.9 Å². The fourth-order valence-electron chi connectivity index (χ4n) is 1.60. The number of H-pyrrole nitrogens is 1. The highest BCUT2D eigenvalue weighted by Crippen LogP contribution is 2.09. The lowest BCUT2D eigenvalue weighted by Crippen LogP contribution is -2.27. The van der Waals surface area contributed by atoms with Gasteiger partial charge in [0.15, 0.2) is 0 Å². The number of aromatic amines is 1. The maximum absolute atomic E-state index is 11.9. The van der Waals surface area contributed by atoms with Crippen LogP contribution in [0, 0.1) is 6.92 Å². The molecule has 6 nitrogen and oxygen atoms in total. The van der Waals surface area contributed by atoms with Gasteiger partial charge in [-0.05, 0) is 13.0 Å². The van der Waals surface area contributed by atoms with Gasteiger partial charge in [0.2, 0.25) is 0 Å². The van der Waals surface area contributed by atoms with Gasteiger partial charge in [-0.25, -0.2) is 4.98 Å². The molecule has 0 fully saturated rings. The maximum Gasteiger partial charge on any atom is 0.253 e. The van der Waals surface area contributed by atoms with Gasteiger partial charge in [0, 0.05) is 25.4 Å². The first-order valence-electron chi connectivity index (χ1n) is 5.65. The number of carbonyl (C=O) groups excluding carboxylic acids is 1. The Morgan fingerprint density at radius 1 is 1.50 bits per heavy atom. The summed E-state index contributed by atoms with van der Waals surface area (Å²) in [6.07, 6.45) is 5.63. The van der Waals surface area contributed by atoms with Crippen molar-refractivity contribution in [1.82, 2.24) is 20.3 Å². The Labute approximate surface area is 105 Å². The van der Waals surface area contributed by atoms with E-state index in [2.05, 4.69) is 20.3 Å². The molecule has 6 heteroatoms. The third-order valence-corrected chi connectivity index (χ3v) is 2.55. The number of hydrogen-bond acceptors (Lipinski definition) is 4. The van der Waals surface area contributed by atoms with E-state index in [9.17, 15) is 4.79 Å². The monoisotopic (exact) mass is 245 g/mol. The first-order valence-corrected chi connectivity index (χ1v) is 5.65. The lowest BCUT2D eigenvalue weighted by Gasteiger charge is -2.07. The lowest BCUT2D eigenvalue weighted by atomic mass is 10.2. The standard InChI is InChI=1S/C12H15N5O/c1-8-10(6-9(13)7-17-8)12(18)16-3-2-11-14-4-5-15-11/h4-7H,2-3,13H2,1H3,(H,14,15)(H,16,18). The Balaban J connectivity index is 1.93. The molecule has 2 heterocycles. The van der Waals surface area contributed by atoms with E-state index in [4.69, 9.17) is 5.73 Å². The van der Waals surface area contributed by atoms with Gasteiger partial charge >= 0.3 is 0 Å². The number of imidazole rings is 1. The van der Waals surface area contributed by atoms with Crippen molar-refractivity contribution in [2.45, 2.75) is 13.3 Å². The largest absolute Gasteiger partial charge is 0.397 e. The average Bonchev–Trinajstić information content (AvgIpc) is 2.85. The first kappa shape index (κ1) is 12.1. The second kappa shape index (κ2) is 5.31. The SMILES string of the molecule is Cc1ncc(N)cc1C(=O)NCCc1ncc[nH]1. The molecule has 4 N–H and O–H groups in total. The summed E-state index contributed by atoms with van der Waals surface area (Å²) < 4.78 is 0. The van der Waals surface area contributed by atoms with Crippen molar-refractivity contribution < 1.29 is 4.79 Å². The Kier molecular flexibility index (Phi) is 3.57. The molecule has 94 valence electrons. The van der Waals surface area contributed by atoms with Crippen LogP contribution in [0.3, 0.4) is 0 Å². The summed E-state index contributed by atoms with van der Waals surface area (Å²) in [5, 5.41) is 2.81. The van der Waals surface area contributed by atoms with E-state index >= 15 is 0 Å². The Morgan fingerprint density at radius 2 is 2.33 bits per heavy atom. The number of carbonyl (C=O) groups is 1. The Morgan fingerprint density at radius 3 is 3.06 bits per heavy atom. The number of hydrogen-bond donors (Lipinski definition) is 3. The summed E-state index contributed by atoms with van der Waals surface area (Å²) in [7, 11) is 0. The number of nitrogens with one attached hydrogen (secondary N) is 2. The molecule has 18 heavy (non-hydrogen) atoms. The van der Waals surface area contributed by atoms with Crippen molar-refractivity contribution in [1.29, 1.82) is 0 Å². The molecule has 0 spiro atoms. The highest BCUT2D eigenvalue weighted by Gasteiger charge is 2.09. The van der Waals surface area contributed by atoms with Crippen LogP contribution in [0.2, 0.25) is 0 Å². The van der Waals surface area contributed by atoms with E-state index in [1.165, 1.54) is 6.20 Å². The molecule has 0 aliphatic carbocycles. The smallest absolute Gasteiger partial charge is 0.253 e. The second-order valence-electron chi connectivity index (χ2n) is 3.94. The third kappa shape index (κ3) is 2.85. The molecule has 0 aliphatic heterocycles. The fourth-order valence-corrected chi connectivity index (χ4v) is 1.60. The molecule has 1 amide bonds. The van der Waals surface area contributed by atoms with Crippen molar-refractivity contribution in [2.75, 3.05) is 12.3 Å². The zero-order valence-electron chi connectivity index (χ0n) is 10.1. The van der Waals surface area contributed by atoms with Crippen LogP contribution in [-0.2, 0) is 6.42 Å². The van der Waals surface area contributed by atoms with Gasteiger partial charge in [0.05, 0.1) is 23.1 Å². The van der Waals surface area contributed by atoms with Crippen molar-refractivity contribution in [3.05, 3.63) is 41.7 Å². The number of nitrogen functional groups attached to an aromatic ring is 1. The van der Waals surface area contributed by atoms with Crippen molar-refractivity contribution in [3.63, 3.8) is 0 Å². The minimum absolute atomic E-state index is 0.168. The highest BCUT2D eigenvalue weighted by atomic mass is 16.1. The molecular formula is C12H15N5O. The molecule has 0 unspecified atom stereocenters. The molecule has 2 aromatic heterocycles. The minimum Gasteiger partial charge on any atom is -0.397 e. The normalized spacial score (nSPS) is 10.3. The van der Waals surface area contributed by atoms with E-state index in [1.807, 2.05) is 0 Å². The highest BCUT2D eigenvalue weighted by molar-refractivity contribution is 5.95. The summed E-state index contributed by atoms with van der Waals surface area (Å²) in [5.41, 5.74) is 7.27. The summed E-state index contributed by atoms with van der Waals surface area (Å²) in [4.78, 5) is 23.0. The second-order valence-corrected chi connectivity index (χ2v) is 3.94. The number of anilines is 1. The predicted octanol–water partition coefficient (Wildman–Crippen LogP) is 0.668. The van der Waals surface area contributed by atoms with Gasteiger partial charge < -0.3 is 16.0 Å². The maximum atomic E-state index is 11.9. The van der Waals surface area contributed by atoms with Crippen LogP contribution in [0.15, 0.2) is 24.7 Å². The number of nitrogens with two attached hydrogens (primary N) is 1. The number of pyridine rings is 1. The lowest BCUT2D eigenvalue weighted by molar-refractivity contribution is 0.0953. The van der Waals surface area contributed by atoms with Crippen LogP contribution in [0.1, 0.15) is 21.9 Å². The summed E-state index contributed by atoms with van der Waals surface area (Å²) in [5.74, 6) is 0.677. The van der Waals surface area contributed by atoms with Crippen LogP contribution < -0.4 is 11.1 Å². The van der Waals surface area contributed by atoms with Crippen LogP contribution in [0.4, 0.5) is 5.69 Å². The van der Waals surface area contributed by atoms with Crippen molar-refractivity contribution in [2.24, 2.45) is 0 Å². The van der Waals surface area contributed by atoms with Crippen molar-refractivity contribution >= 4 is 11.6 Å². The number of aromatic nitrogens is 3. The number of aryl methyl sites for hydroxylation is 1. The molecule has 0 aromatic carbocycles. The zero-order valence-corrected chi connectivity index (χ0v) is 10.1. The first-order chi connectivity index (χ1) is 8.66. The molecule has 0 atom stereocenters. The van der Waals surface area contributed by atoms with Gasteiger partial charge in [-0.1, -0.05) is 0 Å². The summed E-state index contributed by atoms with van der Waals surface area (Å²) in [6.45, 7) is 2.29. The zero-order chi connectivity index (χ0) is 13.0. The summed E-state index contributed by atoms with van der Waals surface area (Å²) >= 11 is 0. The quantitative estimate of drug-likeness (QED) is 0.737. The third-order valence-electron chi connectivity index (χ3n) is 2.55. The topological polar surface area (TPSA) is 96.7 Å². The van der Waals surface area contributed by atoms with E-state index in [-0.39, 0.29) is 5.91 Å². The van der Waals surface area contributed by atoms with Gasteiger partial charge in [0.25, 0.3) is 5.91 Å². The van der Waals surface area contributed by atoms with Crippen LogP contribution in [-0.4, -0.2) is 27.4 Å². The number of amides is 1. The number of rotatable bonds is 4. The molecule has 0 saturated carbocycles. The van der Waals surface area contributed by atoms with Crippen LogP contribution in [0.5, 0.6) is 0 Å². The molecule has 0 radical (unpaired) electrons. The molecule has 0 saturated heterocycles. The molecule has 0 aliphatic rings. The average molecular weight is 245 g/mol. The molecule has 2 aromatic rings. The Bertz CT molecular complexity index is 535.